The quantitative estimate of drug-likeness (QED) is 0.667. The normalized spacial score (nSPS) is 20.7. The van der Waals surface area contributed by atoms with Gasteiger partial charge in [0.1, 0.15) is 5.82 Å². The van der Waals surface area contributed by atoms with Gasteiger partial charge in [0, 0.05) is 18.7 Å². The van der Waals surface area contributed by atoms with Crippen LogP contribution in [0.5, 0.6) is 0 Å². The van der Waals surface area contributed by atoms with Crippen LogP contribution in [0.25, 0.3) is 0 Å². The summed E-state index contributed by atoms with van der Waals surface area (Å²) in [5, 5.41) is 13.8. The second-order valence-electron chi connectivity index (χ2n) is 5.69. The first-order valence-corrected chi connectivity index (χ1v) is 8.67. The van der Waals surface area contributed by atoms with E-state index < -0.39 is 28.5 Å². The number of halogens is 1. The molecule has 2 unspecified atom stereocenters. The third-order valence-corrected chi connectivity index (χ3v) is 4.90. The zero-order valence-electron chi connectivity index (χ0n) is 13.6. The Kier molecular flexibility index (Phi) is 6.38. The van der Waals surface area contributed by atoms with Gasteiger partial charge >= 0.3 is 5.97 Å². The molecule has 0 aromatic heterocycles. The SMILES string of the molecule is CC(SCC(=O)Nc1ccc(F)cc1)C(=O)NC1(C(=O)O)CCOC1. The summed E-state index contributed by atoms with van der Waals surface area (Å²) in [5.74, 6) is -2.34. The van der Waals surface area contributed by atoms with E-state index in [2.05, 4.69) is 10.6 Å². The number of benzene rings is 1. The molecule has 0 spiro atoms. The number of hydrogen-bond acceptors (Lipinski definition) is 5. The van der Waals surface area contributed by atoms with E-state index in [9.17, 15) is 23.9 Å². The molecule has 1 heterocycles. The van der Waals surface area contributed by atoms with Gasteiger partial charge < -0.3 is 20.5 Å². The molecule has 2 rings (SSSR count). The van der Waals surface area contributed by atoms with E-state index in [4.69, 9.17) is 4.74 Å². The second kappa shape index (κ2) is 8.30. The number of carboxylic acids is 1. The maximum absolute atomic E-state index is 12.8. The molecule has 1 fully saturated rings. The van der Waals surface area contributed by atoms with Gasteiger partial charge in [0.25, 0.3) is 0 Å². The number of ether oxygens (including phenoxy) is 1. The van der Waals surface area contributed by atoms with Crippen molar-refractivity contribution >= 4 is 35.2 Å². The third-order valence-electron chi connectivity index (χ3n) is 3.76. The standard InChI is InChI=1S/C16H19FN2O5S/c1-10(14(21)19-16(15(22)23)6-7-24-9-16)25-8-13(20)18-12-4-2-11(17)3-5-12/h2-5,10H,6-9H2,1H3,(H,18,20)(H,19,21)(H,22,23). The van der Waals surface area contributed by atoms with Crippen LogP contribution in [0.1, 0.15) is 13.3 Å². The van der Waals surface area contributed by atoms with Crippen LogP contribution in [-0.4, -0.2) is 52.6 Å². The molecule has 0 saturated carbocycles. The Morgan fingerprint density at radius 3 is 2.60 bits per heavy atom. The largest absolute Gasteiger partial charge is 0.479 e. The van der Waals surface area contributed by atoms with Crippen molar-refractivity contribution in [3.05, 3.63) is 30.1 Å². The van der Waals surface area contributed by atoms with Crippen LogP contribution in [0.2, 0.25) is 0 Å². The van der Waals surface area contributed by atoms with Crippen molar-refractivity contribution in [1.29, 1.82) is 0 Å². The number of aliphatic carboxylic acids is 1. The highest BCUT2D eigenvalue weighted by Gasteiger charge is 2.44. The molecule has 2 atom stereocenters. The Bertz CT molecular complexity index is 646. The number of nitrogens with one attached hydrogen (secondary N) is 2. The third kappa shape index (κ3) is 5.17. The molecule has 0 aliphatic carbocycles. The maximum atomic E-state index is 12.8. The monoisotopic (exact) mass is 370 g/mol. The van der Waals surface area contributed by atoms with Crippen molar-refractivity contribution in [3.63, 3.8) is 0 Å². The Balaban J connectivity index is 1.81. The van der Waals surface area contributed by atoms with E-state index in [-0.39, 0.29) is 31.3 Å². The van der Waals surface area contributed by atoms with Crippen LogP contribution in [0.3, 0.4) is 0 Å². The van der Waals surface area contributed by atoms with Gasteiger partial charge in [-0.1, -0.05) is 0 Å². The summed E-state index contributed by atoms with van der Waals surface area (Å²) < 4.78 is 17.9. The lowest BCUT2D eigenvalue weighted by Gasteiger charge is -2.25. The molecule has 1 aromatic rings. The number of anilines is 1. The summed E-state index contributed by atoms with van der Waals surface area (Å²) in [6, 6.07) is 5.33. The number of hydrogen-bond donors (Lipinski definition) is 3. The van der Waals surface area contributed by atoms with E-state index in [0.29, 0.717) is 5.69 Å². The molecule has 0 bridgehead atoms. The van der Waals surface area contributed by atoms with Crippen LogP contribution in [0, 0.1) is 5.82 Å². The highest BCUT2D eigenvalue weighted by molar-refractivity contribution is 8.01. The van der Waals surface area contributed by atoms with Crippen LogP contribution >= 0.6 is 11.8 Å². The second-order valence-corrected chi connectivity index (χ2v) is 7.02. The van der Waals surface area contributed by atoms with Gasteiger partial charge in [-0.15, -0.1) is 11.8 Å². The molecular formula is C16H19FN2O5S. The lowest BCUT2D eigenvalue weighted by molar-refractivity contribution is -0.147. The first kappa shape index (κ1) is 19.2. The predicted octanol–water partition coefficient (Wildman–Crippen LogP) is 1.25. The molecule has 1 saturated heterocycles. The van der Waals surface area contributed by atoms with Crippen LogP contribution in [0.4, 0.5) is 10.1 Å². The lowest BCUT2D eigenvalue weighted by Crippen LogP contribution is -2.56. The minimum Gasteiger partial charge on any atom is -0.479 e. The Hall–Kier alpha value is -2.13. The zero-order chi connectivity index (χ0) is 18.4. The summed E-state index contributed by atoms with van der Waals surface area (Å²) in [6.07, 6.45) is 0.205. The molecule has 136 valence electrons. The molecule has 1 aromatic carbocycles. The minimum absolute atomic E-state index is 0.00251. The average Bonchev–Trinajstić information content (AvgIpc) is 3.04. The van der Waals surface area contributed by atoms with E-state index in [1.165, 1.54) is 24.3 Å². The Morgan fingerprint density at radius 1 is 1.36 bits per heavy atom. The van der Waals surface area contributed by atoms with E-state index >= 15 is 0 Å². The molecular weight excluding hydrogens is 351 g/mol. The maximum Gasteiger partial charge on any atom is 0.331 e. The summed E-state index contributed by atoms with van der Waals surface area (Å²) in [4.78, 5) is 35.4. The molecule has 0 radical (unpaired) electrons. The fraction of sp³-hybridized carbons (Fsp3) is 0.438. The highest BCUT2D eigenvalue weighted by Crippen LogP contribution is 2.21. The fourth-order valence-electron chi connectivity index (χ4n) is 2.23. The van der Waals surface area contributed by atoms with Gasteiger partial charge in [0.2, 0.25) is 11.8 Å². The predicted molar refractivity (Wildman–Crippen MR) is 90.9 cm³/mol. The number of rotatable bonds is 7. The van der Waals surface area contributed by atoms with Gasteiger partial charge in [-0.25, -0.2) is 9.18 Å². The van der Waals surface area contributed by atoms with Crippen LogP contribution in [0.15, 0.2) is 24.3 Å². The van der Waals surface area contributed by atoms with Crippen LogP contribution in [-0.2, 0) is 19.1 Å². The van der Waals surface area contributed by atoms with Crippen molar-refractivity contribution in [2.45, 2.75) is 24.1 Å². The zero-order valence-corrected chi connectivity index (χ0v) is 14.4. The molecule has 2 amide bonds. The average molecular weight is 370 g/mol. The smallest absolute Gasteiger partial charge is 0.331 e. The Morgan fingerprint density at radius 2 is 2.04 bits per heavy atom. The van der Waals surface area contributed by atoms with Crippen molar-refractivity contribution in [1.82, 2.24) is 5.32 Å². The summed E-state index contributed by atoms with van der Waals surface area (Å²) in [7, 11) is 0. The van der Waals surface area contributed by atoms with E-state index in [1.807, 2.05) is 0 Å². The summed E-state index contributed by atoms with van der Waals surface area (Å²) >= 11 is 1.08. The number of carbonyl (C=O) groups excluding carboxylic acids is 2. The molecule has 9 heteroatoms. The van der Waals surface area contributed by atoms with Crippen molar-refractivity contribution in [2.24, 2.45) is 0 Å². The number of carbonyl (C=O) groups is 3. The number of thioether (sulfide) groups is 1. The van der Waals surface area contributed by atoms with Crippen molar-refractivity contribution < 1.29 is 28.6 Å². The van der Waals surface area contributed by atoms with Crippen LogP contribution < -0.4 is 10.6 Å². The van der Waals surface area contributed by atoms with Gasteiger partial charge in [-0.3, -0.25) is 9.59 Å². The Labute approximate surface area is 148 Å². The number of carboxylic acid groups (broad SMARTS) is 1. The molecule has 7 nitrogen and oxygen atoms in total. The summed E-state index contributed by atoms with van der Waals surface area (Å²) in [5.41, 5.74) is -0.945. The van der Waals surface area contributed by atoms with Gasteiger partial charge in [-0.2, -0.15) is 0 Å². The van der Waals surface area contributed by atoms with Gasteiger partial charge in [-0.05, 0) is 31.2 Å². The first-order valence-electron chi connectivity index (χ1n) is 7.62. The highest BCUT2D eigenvalue weighted by atomic mass is 32.2. The molecule has 3 N–H and O–H groups in total. The van der Waals surface area contributed by atoms with E-state index in [0.717, 1.165) is 11.8 Å². The van der Waals surface area contributed by atoms with E-state index in [1.54, 1.807) is 6.92 Å². The van der Waals surface area contributed by atoms with Gasteiger partial charge in [0.05, 0.1) is 17.6 Å². The van der Waals surface area contributed by atoms with Crippen molar-refractivity contribution in [3.8, 4) is 0 Å². The van der Waals surface area contributed by atoms with Gasteiger partial charge in [0.15, 0.2) is 5.54 Å². The lowest BCUT2D eigenvalue weighted by atomic mass is 9.99. The minimum atomic E-state index is -1.40. The first-order chi connectivity index (χ1) is 11.8. The topological polar surface area (TPSA) is 105 Å². The molecule has 1 aliphatic heterocycles. The summed E-state index contributed by atoms with van der Waals surface area (Å²) in [6.45, 7) is 1.79. The van der Waals surface area contributed by atoms with Crippen molar-refractivity contribution in [2.75, 3.05) is 24.3 Å². The fourth-order valence-corrected chi connectivity index (χ4v) is 2.91. The molecule has 1 aliphatic rings. The molecule has 25 heavy (non-hydrogen) atoms. The number of amides is 2.